The number of hydrogen-bond acceptors (Lipinski definition) is 4. The van der Waals surface area contributed by atoms with E-state index in [1.165, 1.54) is 21.9 Å². The molecule has 0 atom stereocenters. The van der Waals surface area contributed by atoms with Gasteiger partial charge in [0.25, 0.3) is 5.91 Å². The van der Waals surface area contributed by atoms with E-state index in [-0.39, 0.29) is 11.9 Å². The molecule has 0 aliphatic carbocycles. The molecule has 1 amide bonds. The molecule has 1 saturated heterocycles. The number of likely N-dealkylation sites (tertiary alicyclic amines) is 1. The Balaban J connectivity index is 1.28. The van der Waals surface area contributed by atoms with Crippen molar-refractivity contribution in [3.63, 3.8) is 0 Å². The first-order valence-corrected chi connectivity index (χ1v) is 12.8. The van der Waals surface area contributed by atoms with E-state index < -0.39 is 0 Å². The van der Waals surface area contributed by atoms with Crippen LogP contribution in [0.4, 0.5) is 0 Å². The molecule has 3 aromatic rings. The van der Waals surface area contributed by atoms with E-state index in [1.807, 2.05) is 18.2 Å². The van der Waals surface area contributed by atoms with E-state index >= 15 is 0 Å². The number of fused-ring (bicyclic) bond motifs is 1. The first-order valence-electron chi connectivity index (χ1n) is 12.8. The number of rotatable bonds is 10. The van der Waals surface area contributed by atoms with Gasteiger partial charge in [-0.3, -0.25) is 9.69 Å². The lowest BCUT2D eigenvalue weighted by atomic mass is 10.0. The predicted octanol–water partition coefficient (Wildman–Crippen LogP) is 5.81. The summed E-state index contributed by atoms with van der Waals surface area (Å²) in [6.45, 7) is 8.81. The highest BCUT2D eigenvalue weighted by Gasteiger charge is 2.21. The molecule has 0 spiro atoms. The number of nitrogens with zero attached hydrogens (tertiary/aromatic N) is 1. The van der Waals surface area contributed by atoms with Gasteiger partial charge in [-0.05, 0) is 77.4 Å². The minimum atomic E-state index is -0.0270. The average molecular weight is 475 g/mol. The highest BCUT2D eigenvalue weighted by atomic mass is 16.5. The molecule has 1 aliphatic rings. The molecule has 5 nitrogen and oxygen atoms in total. The number of benzene rings is 3. The van der Waals surface area contributed by atoms with Gasteiger partial charge in [-0.15, -0.1) is 0 Å². The second-order valence-electron chi connectivity index (χ2n) is 10.0. The van der Waals surface area contributed by atoms with Crippen molar-refractivity contribution in [1.82, 2.24) is 10.2 Å². The first kappa shape index (κ1) is 25.2. The van der Waals surface area contributed by atoms with Crippen molar-refractivity contribution in [3.8, 4) is 5.75 Å². The fourth-order valence-electron chi connectivity index (χ4n) is 4.57. The molecule has 1 N–H and O–H groups in total. The largest absolute Gasteiger partial charge is 0.497 e. The van der Waals surface area contributed by atoms with Gasteiger partial charge in [0, 0.05) is 37.8 Å². The topological polar surface area (TPSA) is 50.8 Å². The third kappa shape index (κ3) is 7.30. The number of piperidine rings is 1. The number of nitrogens with one attached hydrogen (secondary N) is 1. The number of amides is 1. The van der Waals surface area contributed by atoms with Gasteiger partial charge in [0.15, 0.2) is 0 Å². The molecule has 0 radical (unpaired) electrons. The van der Waals surface area contributed by atoms with Crippen LogP contribution in [0, 0.1) is 5.92 Å². The third-order valence-corrected chi connectivity index (χ3v) is 6.74. The summed E-state index contributed by atoms with van der Waals surface area (Å²) in [7, 11) is 1.62. The second-order valence-corrected chi connectivity index (χ2v) is 10.0. The van der Waals surface area contributed by atoms with E-state index in [0.717, 1.165) is 45.5 Å². The summed E-state index contributed by atoms with van der Waals surface area (Å²) in [5, 5.41) is 5.73. The molecular formula is C30H38N2O3. The number of methoxy groups -OCH3 is 1. The minimum absolute atomic E-state index is 0.0270. The van der Waals surface area contributed by atoms with Gasteiger partial charge in [0.1, 0.15) is 5.75 Å². The molecule has 0 aromatic heterocycles. The van der Waals surface area contributed by atoms with Crippen LogP contribution in [0.15, 0.2) is 60.7 Å². The van der Waals surface area contributed by atoms with Crippen LogP contribution in [0.1, 0.15) is 54.6 Å². The molecular weight excluding hydrogens is 436 g/mol. The first-order chi connectivity index (χ1) is 17.0. The monoisotopic (exact) mass is 474 g/mol. The van der Waals surface area contributed by atoms with Crippen LogP contribution in [0.3, 0.4) is 0 Å². The van der Waals surface area contributed by atoms with Crippen molar-refractivity contribution in [2.45, 2.75) is 52.3 Å². The van der Waals surface area contributed by atoms with E-state index in [4.69, 9.17) is 9.47 Å². The van der Waals surface area contributed by atoms with Crippen molar-refractivity contribution < 1.29 is 14.3 Å². The van der Waals surface area contributed by atoms with Gasteiger partial charge in [-0.2, -0.15) is 0 Å². The standard InChI is InChI=1S/C30H38N2O3/c1-22(2)13-16-35-21-24-8-10-25-9-7-23(17-27(25)18-24)20-32-14-11-28(12-15-32)31-30(33)26-5-4-6-29(19-26)34-3/h4-10,17-19,22,28H,11-16,20-21H2,1-3H3,(H,31,33). The third-order valence-electron chi connectivity index (χ3n) is 6.74. The van der Waals surface area contributed by atoms with Crippen molar-refractivity contribution in [2.75, 3.05) is 26.8 Å². The highest BCUT2D eigenvalue weighted by Crippen LogP contribution is 2.21. The molecule has 1 aliphatic heterocycles. The van der Waals surface area contributed by atoms with Gasteiger partial charge >= 0.3 is 0 Å². The van der Waals surface area contributed by atoms with Crippen molar-refractivity contribution in [1.29, 1.82) is 0 Å². The fourth-order valence-corrected chi connectivity index (χ4v) is 4.57. The Labute approximate surface area is 209 Å². The second kappa shape index (κ2) is 12.2. The van der Waals surface area contributed by atoms with E-state index in [0.29, 0.717) is 23.8 Å². The highest BCUT2D eigenvalue weighted by molar-refractivity contribution is 5.94. The summed E-state index contributed by atoms with van der Waals surface area (Å²) in [6, 6.07) is 20.9. The number of carbonyl (C=O) groups is 1. The smallest absolute Gasteiger partial charge is 0.251 e. The zero-order chi connectivity index (χ0) is 24.6. The molecule has 0 bridgehead atoms. The molecule has 3 aromatic carbocycles. The van der Waals surface area contributed by atoms with Crippen LogP contribution in [-0.2, 0) is 17.9 Å². The summed E-state index contributed by atoms with van der Waals surface area (Å²) in [6.07, 6.45) is 3.02. The predicted molar refractivity (Wildman–Crippen MR) is 142 cm³/mol. The molecule has 4 rings (SSSR count). The van der Waals surface area contributed by atoms with Crippen LogP contribution in [0.25, 0.3) is 10.8 Å². The van der Waals surface area contributed by atoms with Crippen LogP contribution < -0.4 is 10.1 Å². The van der Waals surface area contributed by atoms with Crippen LogP contribution >= 0.6 is 0 Å². The Bertz CT molecular complexity index is 1120. The number of carbonyl (C=O) groups excluding carboxylic acids is 1. The zero-order valence-corrected chi connectivity index (χ0v) is 21.3. The van der Waals surface area contributed by atoms with Crippen molar-refractivity contribution >= 4 is 16.7 Å². The quantitative estimate of drug-likeness (QED) is 0.377. The van der Waals surface area contributed by atoms with Crippen LogP contribution in [0.2, 0.25) is 0 Å². The normalized spacial score (nSPS) is 15.0. The van der Waals surface area contributed by atoms with Gasteiger partial charge in [-0.25, -0.2) is 0 Å². The summed E-state index contributed by atoms with van der Waals surface area (Å²) < 4.78 is 11.1. The summed E-state index contributed by atoms with van der Waals surface area (Å²) in [5.74, 6) is 1.35. The number of hydrogen-bond donors (Lipinski definition) is 1. The minimum Gasteiger partial charge on any atom is -0.497 e. The summed E-state index contributed by atoms with van der Waals surface area (Å²) in [5.41, 5.74) is 3.20. The Kier molecular flexibility index (Phi) is 8.78. The van der Waals surface area contributed by atoms with E-state index in [2.05, 4.69) is 60.5 Å². The van der Waals surface area contributed by atoms with Gasteiger partial charge < -0.3 is 14.8 Å². The maximum absolute atomic E-state index is 12.6. The van der Waals surface area contributed by atoms with E-state index in [1.54, 1.807) is 13.2 Å². The SMILES string of the molecule is COc1cccc(C(=O)NC2CCN(Cc3ccc4ccc(COCCC(C)C)cc4c3)CC2)c1. The molecule has 1 heterocycles. The van der Waals surface area contributed by atoms with Gasteiger partial charge in [0.2, 0.25) is 0 Å². The summed E-state index contributed by atoms with van der Waals surface area (Å²) in [4.78, 5) is 15.1. The average Bonchev–Trinajstić information content (AvgIpc) is 2.87. The maximum atomic E-state index is 12.6. The maximum Gasteiger partial charge on any atom is 0.251 e. The van der Waals surface area contributed by atoms with Crippen molar-refractivity contribution in [2.24, 2.45) is 5.92 Å². The molecule has 0 saturated carbocycles. The Morgan fingerprint density at radius 3 is 2.49 bits per heavy atom. The lowest BCUT2D eigenvalue weighted by molar-refractivity contribution is 0.0908. The molecule has 0 unspecified atom stereocenters. The molecule has 186 valence electrons. The Morgan fingerprint density at radius 1 is 1.00 bits per heavy atom. The van der Waals surface area contributed by atoms with Crippen molar-refractivity contribution in [3.05, 3.63) is 77.4 Å². The Hall–Kier alpha value is -2.89. The molecule has 1 fully saturated rings. The van der Waals surface area contributed by atoms with E-state index in [9.17, 15) is 4.79 Å². The fraction of sp³-hybridized carbons (Fsp3) is 0.433. The summed E-state index contributed by atoms with van der Waals surface area (Å²) >= 11 is 0. The van der Waals surface area contributed by atoms with Crippen LogP contribution in [-0.4, -0.2) is 43.7 Å². The lowest BCUT2D eigenvalue weighted by Crippen LogP contribution is -2.44. The molecule has 35 heavy (non-hydrogen) atoms. The Morgan fingerprint density at radius 2 is 1.74 bits per heavy atom. The van der Waals surface area contributed by atoms with Gasteiger partial charge in [-0.1, -0.05) is 44.2 Å². The molecule has 5 heteroatoms. The van der Waals surface area contributed by atoms with Gasteiger partial charge in [0.05, 0.1) is 13.7 Å². The number of ether oxygens (including phenoxy) is 2. The van der Waals surface area contributed by atoms with Crippen LogP contribution in [0.5, 0.6) is 5.75 Å². The zero-order valence-electron chi connectivity index (χ0n) is 21.3. The lowest BCUT2D eigenvalue weighted by Gasteiger charge is -2.32.